The first kappa shape index (κ1) is 21.8. The number of aromatic nitrogens is 2. The number of nitrogens with one attached hydrogen (secondary N) is 1. The third-order valence-corrected chi connectivity index (χ3v) is 5.96. The quantitative estimate of drug-likeness (QED) is 0.519. The molecule has 1 fully saturated rings. The molecular weight excluding hydrogens is 432 g/mol. The van der Waals surface area contributed by atoms with Gasteiger partial charge in [-0.05, 0) is 55.0 Å². The third kappa shape index (κ3) is 5.64. The number of rotatable bonds is 8. The molecule has 0 spiro atoms. The standard InChI is InChI=1S/C22H24N4O5S/c27-19(23-16-6-8-17(9-7-16)25-11-2-1-3-12-25)15-30-20(28)10-13-26-22(29)31-21(24-26)18-5-4-14-32-18/h4-9,14H,1-3,10-13,15H2,(H,23,27). The highest BCUT2D eigenvalue weighted by molar-refractivity contribution is 7.13. The summed E-state index contributed by atoms with van der Waals surface area (Å²) >= 11 is 1.40. The molecule has 3 heterocycles. The summed E-state index contributed by atoms with van der Waals surface area (Å²) in [5, 5.41) is 8.63. The number of anilines is 2. The number of amides is 1. The van der Waals surface area contributed by atoms with E-state index in [2.05, 4.69) is 15.3 Å². The Balaban J connectivity index is 1.20. The Morgan fingerprint density at radius 1 is 1.12 bits per heavy atom. The Labute approximate surface area is 188 Å². The van der Waals surface area contributed by atoms with Gasteiger partial charge in [0.25, 0.3) is 11.8 Å². The van der Waals surface area contributed by atoms with Gasteiger partial charge in [-0.25, -0.2) is 4.79 Å². The van der Waals surface area contributed by atoms with Gasteiger partial charge in [-0.15, -0.1) is 16.4 Å². The fraction of sp³-hybridized carbons (Fsp3) is 0.364. The molecule has 0 unspecified atom stereocenters. The number of aryl methyl sites for hydroxylation is 1. The van der Waals surface area contributed by atoms with Crippen LogP contribution in [-0.4, -0.2) is 41.4 Å². The number of nitrogens with zero attached hydrogens (tertiary/aromatic N) is 3. The molecule has 1 aliphatic rings. The SMILES string of the molecule is O=C(COC(=O)CCn1nc(-c2cccs2)oc1=O)Nc1ccc(N2CCCCC2)cc1. The smallest absolute Gasteiger partial charge is 0.437 e. The molecule has 0 saturated carbocycles. The number of hydrogen-bond donors (Lipinski definition) is 1. The first-order chi connectivity index (χ1) is 15.6. The Bertz CT molecular complexity index is 1100. The fourth-order valence-electron chi connectivity index (χ4n) is 3.47. The van der Waals surface area contributed by atoms with Gasteiger partial charge in [0.1, 0.15) is 0 Å². The third-order valence-electron chi connectivity index (χ3n) is 5.10. The van der Waals surface area contributed by atoms with Crippen LogP contribution in [0.3, 0.4) is 0 Å². The van der Waals surface area contributed by atoms with Crippen molar-refractivity contribution in [1.29, 1.82) is 0 Å². The van der Waals surface area contributed by atoms with Crippen molar-refractivity contribution in [3.8, 4) is 10.8 Å². The lowest BCUT2D eigenvalue weighted by Gasteiger charge is -2.28. The van der Waals surface area contributed by atoms with Crippen molar-refractivity contribution in [3.05, 3.63) is 52.3 Å². The number of hydrogen-bond acceptors (Lipinski definition) is 8. The second-order valence-electron chi connectivity index (χ2n) is 7.43. The van der Waals surface area contributed by atoms with Crippen LogP contribution >= 0.6 is 11.3 Å². The maximum absolute atomic E-state index is 12.1. The first-order valence-corrected chi connectivity index (χ1v) is 11.4. The molecule has 1 amide bonds. The molecule has 2 aromatic heterocycles. The molecule has 1 aliphatic heterocycles. The van der Waals surface area contributed by atoms with E-state index < -0.39 is 24.2 Å². The van der Waals surface area contributed by atoms with E-state index >= 15 is 0 Å². The fourth-order valence-corrected chi connectivity index (χ4v) is 4.11. The van der Waals surface area contributed by atoms with Crippen molar-refractivity contribution in [2.45, 2.75) is 32.2 Å². The van der Waals surface area contributed by atoms with Crippen molar-refractivity contribution in [2.24, 2.45) is 0 Å². The van der Waals surface area contributed by atoms with Crippen LogP contribution in [0.1, 0.15) is 25.7 Å². The largest absolute Gasteiger partial charge is 0.456 e. The summed E-state index contributed by atoms with van der Waals surface area (Å²) in [6.07, 6.45) is 3.57. The normalized spacial score (nSPS) is 13.7. The van der Waals surface area contributed by atoms with Crippen LogP contribution in [-0.2, 0) is 20.9 Å². The maximum Gasteiger partial charge on any atom is 0.437 e. The lowest BCUT2D eigenvalue weighted by Crippen LogP contribution is -2.29. The Hall–Kier alpha value is -3.40. The lowest BCUT2D eigenvalue weighted by atomic mass is 10.1. The molecular formula is C22H24N4O5S. The van der Waals surface area contributed by atoms with Gasteiger partial charge in [0.15, 0.2) is 6.61 Å². The Morgan fingerprint density at radius 3 is 2.62 bits per heavy atom. The van der Waals surface area contributed by atoms with E-state index in [0.717, 1.165) is 28.3 Å². The van der Waals surface area contributed by atoms with Crippen molar-refractivity contribution >= 4 is 34.6 Å². The van der Waals surface area contributed by atoms with Gasteiger partial charge < -0.3 is 19.4 Å². The summed E-state index contributed by atoms with van der Waals surface area (Å²) in [6, 6.07) is 11.2. The Morgan fingerprint density at radius 2 is 1.91 bits per heavy atom. The van der Waals surface area contributed by atoms with Crippen LogP contribution in [0.4, 0.5) is 11.4 Å². The molecule has 10 heteroatoms. The summed E-state index contributed by atoms with van der Waals surface area (Å²) in [7, 11) is 0. The molecule has 1 aromatic carbocycles. The maximum atomic E-state index is 12.1. The van der Waals surface area contributed by atoms with Gasteiger partial charge in [0.05, 0.1) is 17.8 Å². The zero-order chi connectivity index (χ0) is 22.3. The predicted octanol–water partition coefficient (Wildman–Crippen LogP) is 3.13. The monoisotopic (exact) mass is 456 g/mol. The highest BCUT2D eigenvalue weighted by atomic mass is 32.1. The van der Waals surface area contributed by atoms with Gasteiger partial charge in [-0.1, -0.05) is 6.07 Å². The lowest BCUT2D eigenvalue weighted by molar-refractivity contribution is -0.147. The van der Waals surface area contributed by atoms with Crippen molar-refractivity contribution in [3.63, 3.8) is 0 Å². The molecule has 168 valence electrons. The summed E-state index contributed by atoms with van der Waals surface area (Å²) in [5.41, 5.74) is 1.78. The van der Waals surface area contributed by atoms with Gasteiger partial charge in [0, 0.05) is 24.5 Å². The van der Waals surface area contributed by atoms with E-state index in [1.165, 1.54) is 30.6 Å². The van der Waals surface area contributed by atoms with Gasteiger partial charge in [0.2, 0.25) is 0 Å². The number of benzene rings is 1. The molecule has 0 bridgehead atoms. The summed E-state index contributed by atoms with van der Waals surface area (Å²) in [6.45, 7) is 1.71. The molecule has 4 rings (SSSR count). The topological polar surface area (TPSA) is 107 Å². The molecule has 9 nitrogen and oxygen atoms in total. The highest BCUT2D eigenvalue weighted by Crippen LogP contribution is 2.22. The minimum Gasteiger partial charge on any atom is -0.456 e. The summed E-state index contributed by atoms with van der Waals surface area (Å²) in [5.74, 6) is -1.47. The second kappa shape index (κ2) is 10.3. The zero-order valence-corrected chi connectivity index (χ0v) is 18.3. The van der Waals surface area contributed by atoms with E-state index in [1.54, 1.807) is 6.07 Å². The van der Waals surface area contributed by atoms with E-state index in [9.17, 15) is 14.4 Å². The van der Waals surface area contributed by atoms with Crippen molar-refractivity contribution in [1.82, 2.24) is 9.78 Å². The average molecular weight is 457 g/mol. The average Bonchev–Trinajstić information content (AvgIpc) is 3.47. The number of piperidine rings is 1. The van der Waals surface area contributed by atoms with E-state index in [-0.39, 0.29) is 18.9 Å². The summed E-state index contributed by atoms with van der Waals surface area (Å²) in [4.78, 5) is 39.0. The van der Waals surface area contributed by atoms with E-state index in [1.807, 2.05) is 35.7 Å². The molecule has 1 N–H and O–H groups in total. The van der Waals surface area contributed by atoms with Gasteiger partial charge in [-0.3, -0.25) is 9.59 Å². The molecule has 1 saturated heterocycles. The van der Waals surface area contributed by atoms with Gasteiger partial charge >= 0.3 is 11.7 Å². The van der Waals surface area contributed by atoms with Gasteiger partial charge in [-0.2, -0.15) is 4.68 Å². The van der Waals surface area contributed by atoms with Crippen LogP contribution in [0.5, 0.6) is 0 Å². The van der Waals surface area contributed by atoms with Crippen molar-refractivity contribution in [2.75, 3.05) is 29.9 Å². The number of carbonyl (C=O) groups excluding carboxylic acids is 2. The minimum absolute atomic E-state index is 0.00607. The number of esters is 1. The van der Waals surface area contributed by atoms with Crippen LogP contribution in [0, 0.1) is 0 Å². The van der Waals surface area contributed by atoms with E-state index in [0.29, 0.717) is 5.69 Å². The molecule has 3 aromatic rings. The molecule has 32 heavy (non-hydrogen) atoms. The minimum atomic E-state index is -0.646. The predicted molar refractivity (Wildman–Crippen MR) is 121 cm³/mol. The molecule has 0 atom stereocenters. The van der Waals surface area contributed by atoms with Crippen LogP contribution in [0.2, 0.25) is 0 Å². The Kier molecular flexibility index (Phi) is 7.00. The zero-order valence-electron chi connectivity index (χ0n) is 17.5. The van der Waals surface area contributed by atoms with Crippen molar-refractivity contribution < 1.29 is 18.7 Å². The number of thiophene rings is 1. The number of carbonyl (C=O) groups is 2. The van der Waals surface area contributed by atoms with Crippen LogP contribution in [0.15, 0.2) is 51.0 Å². The van der Waals surface area contributed by atoms with Crippen LogP contribution < -0.4 is 16.0 Å². The second-order valence-corrected chi connectivity index (χ2v) is 8.37. The molecule has 0 aliphatic carbocycles. The number of ether oxygens (including phenoxy) is 1. The molecule has 0 radical (unpaired) electrons. The highest BCUT2D eigenvalue weighted by Gasteiger charge is 2.14. The summed E-state index contributed by atoms with van der Waals surface area (Å²) < 4.78 is 11.2. The van der Waals surface area contributed by atoms with Crippen LogP contribution in [0.25, 0.3) is 10.8 Å². The first-order valence-electron chi connectivity index (χ1n) is 10.5. The van der Waals surface area contributed by atoms with E-state index in [4.69, 9.17) is 9.15 Å².